The first-order valence-corrected chi connectivity index (χ1v) is 8.50. The summed E-state index contributed by atoms with van der Waals surface area (Å²) in [6.45, 7) is 9.23. The monoisotopic (exact) mass is 363 g/mol. The van der Waals surface area contributed by atoms with Gasteiger partial charge in [0.05, 0.1) is 26.3 Å². The first-order chi connectivity index (χ1) is 12.1. The zero-order valence-corrected chi connectivity index (χ0v) is 16.7. The highest BCUT2D eigenvalue weighted by Gasteiger charge is 2.26. The van der Waals surface area contributed by atoms with E-state index >= 15 is 0 Å². The SMILES string of the molecule is COC(=O)/C(=C/c1ccc(OC)cc1)CN(C(=O)OC(C)(C)C)C(C)C. The van der Waals surface area contributed by atoms with E-state index in [1.807, 2.05) is 26.0 Å². The van der Waals surface area contributed by atoms with Crippen LogP contribution in [0.5, 0.6) is 5.75 Å². The van der Waals surface area contributed by atoms with Crippen molar-refractivity contribution in [2.75, 3.05) is 20.8 Å². The van der Waals surface area contributed by atoms with Crippen LogP contribution in [-0.2, 0) is 14.3 Å². The normalized spacial score (nSPS) is 11.9. The van der Waals surface area contributed by atoms with Crippen molar-refractivity contribution in [2.45, 2.75) is 46.3 Å². The number of benzene rings is 1. The summed E-state index contributed by atoms with van der Waals surface area (Å²) in [5, 5.41) is 0. The van der Waals surface area contributed by atoms with Crippen LogP contribution in [0.25, 0.3) is 6.08 Å². The first kappa shape index (κ1) is 21.5. The largest absolute Gasteiger partial charge is 0.497 e. The minimum atomic E-state index is -0.616. The van der Waals surface area contributed by atoms with E-state index < -0.39 is 17.7 Å². The van der Waals surface area contributed by atoms with Gasteiger partial charge in [0.25, 0.3) is 0 Å². The maximum Gasteiger partial charge on any atom is 0.410 e. The third-order valence-electron chi connectivity index (χ3n) is 3.50. The standard InChI is InChI=1S/C20H29NO5/c1-14(2)21(19(23)26-20(3,4)5)13-16(18(22)25-7)12-15-8-10-17(24-6)11-9-15/h8-12,14H,13H2,1-7H3/b16-12+. The van der Waals surface area contributed by atoms with E-state index in [9.17, 15) is 9.59 Å². The van der Waals surface area contributed by atoms with Gasteiger partial charge in [-0.3, -0.25) is 0 Å². The molecule has 0 aliphatic rings. The molecule has 0 aliphatic heterocycles. The third kappa shape index (κ3) is 6.78. The van der Waals surface area contributed by atoms with E-state index in [1.165, 1.54) is 12.0 Å². The van der Waals surface area contributed by atoms with E-state index in [0.29, 0.717) is 5.57 Å². The van der Waals surface area contributed by atoms with Crippen LogP contribution in [0.2, 0.25) is 0 Å². The molecular formula is C20H29NO5. The summed E-state index contributed by atoms with van der Waals surface area (Å²) in [5.41, 5.74) is 0.548. The van der Waals surface area contributed by atoms with Gasteiger partial charge in [0.2, 0.25) is 0 Å². The molecule has 0 aliphatic carbocycles. The van der Waals surface area contributed by atoms with Crippen LogP contribution in [0, 0.1) is 0 Å². The molecule has 1 aromatic rings. The lowest BCUT2D eigenvalue weighted by molar-refractivity contribution is -0.136. The van der Waals surface area contributed by atoms with Crippen LogP contribution in [-0.4, -0.2) is 49.4 Å². The van der Waals surface area contributed by atoms with E-state index in [4.69, 9.17) is 14.2 Å². The minimum Gasteiger partial charge on any atom is -0.497 e. The second kappa shape index (κ2) is 9.27. The number of rotatable bonds is 6. The van der Waals surface area contributed by atoms with Crippen LogP contribution in [0.3, 0.4) is 0 Å². The fraction of sp³-hybridized carbons (Fsp3) is 0.500. The topological polar surface area (TPSA) is 65.1 Å². The number of hydrogen-bond acceptors (Lipinski definition) is 5. The lowest BCUT2D eigenvalue weighted by Gasteiger charge is -2.30. The lowest BCUT2D eigenvalue weighted by Crippen LogP contribution is -2.42. The number of carbonyl (C=O) groups excluding carboxylic acids is 2. The fourth-order valence-electron chi connectivity index (χ4n) is 2.16. The second-order valence-corrected chi connectivity index (χ2v) is 7.14. The summed E-state index contributed by atoms with van der Waals surface area (Å²) in [5.74, 6) is 0.231. The molecule has 0 N–H and O–H groups in total. The molecule has 1 aromatic carbocycles. The average Bonchev–Trinajstić information content (AvgIpc) is 2.56. The molecule has 1 amide bonds. The van der Waals surface area contributed by atoms with Crippen molar-refractivity contribution in [1.82, 2.24) is 4.90 Å². The second-order valence-electron chi connectivity index (χ2n) is 7.14. The van der Waals surface area contributed by atoms with Crippen molar-refractivity contribution < 1.29 is 23.8 Å². The van der Waals surface area contributed by atoms with E-state index in [0.717, 1.165) is 11.3 Å². The van der Waals surface area contributed by atoms with Gasteiger partial charge in [0, 0.05) is 6.04 Å². The molecule has 0 heterocycles. The Morgan fingerprint density at radius 1 is 1.12 bits per heavy atom. The Morgan fingerprint density at radius 3 is 2.12 bits per heavy atom. The van der Waals surface area contributed by atoms with Crippen LogP contribution < -0.4 is 4.74 Å². The van der Waals surface area contributed by atoms with Crippen molar-refractivity contribution in [2.24, 2.45) is 0 Å². The summed E-state index contributed by atoms with van der Waals surface area (Å²) in [4.78, 5) is 26.2. The van der Waals surface area contributed by atoms with Gasteiger partial charge in [-0.1, -0.05) is 12.1 Å². The van der Waals surface area contributed by atoms with Crippen LogP contribution in [0.4, 0.5) is 4.79 Å². The smallest absolute Gasteiger partial charge is 0.410 e. The van der Waals surface area contributed by atoms with E-state index in [1.54, 1.807) is 46.1 Å². The Hall–Kier alpha value is -2.50. The molecule has 0 saturated heterocycles. The Labute approximate surface area is 155 Å². The summed E-state index contributed by atoms with van der Waals surface area (Å²) >= 11 is 0. The molecule has 0 saturated carbocycles. The van der Waals surface area contributed by atoms with Crippen molar-refractivity contribution in [3.63, 3.8) is 0 Å². The molecule has 1 rings (SSSR count). The van der Waals surface area contributed by atoms with Crippen molar-refractivity contribution in [1.29, 1.82) is 0 Å². The number of ether oxygens (including phenoxy) is 3. The third-order valence-corrected chi connectivity index (χ3v) is 3.50. The van der Waals surface area contributed by atoms with E-state index in [2.05, 4.69) is 0 Å². The number of methoxy groups -OCH3 is 2. The highest BCUT2D eigenvalue weighted by Crippen LogP contribution is 2.18. The number of carbonyl (C=O) groups is 2. The maximum absolute atomic E-state index is 12.5. The van der Waals surface area contributed by atoms with Gasteiger partial charge in [-0.05, 0) is 58.4 Å². The molecule has 0 spiro atoms. The van der Waals surface area contributed by atoms with Gasteiger partial charge in [0.1, 0.15) is 11.4 Å². The summed E-state index contributed by atoms with van der Waals surface area (Å²) < 4.78 is 15.5. The van der Waals surface area contributed by atoms with Crippen molar-refractivity contribution >= 4 is 18.1 Å². The molecule has 144 valence electrons. The molecule has 26 heavy (non-hydrogen) atoms. The molecule has 0 atom stereocenters. The van der Waals surface area contributed by atoms with Crippen LogP contribution >= 0.6 is 0 Å². The molecule has 0 unspecified atom stereocenters. The number of hydrogen-bond donors (Lipinski definition) is 0. The van der Waals surface area contributed by atoms with Gasteiger partial charge in [0.15, 0.2) is 0 Å². The molecule has 0 radical (unpaired) electrons. The van der Waals surface area contributed by atoms with E-state index in [-0.39, 0.29) is 12.6 Å². The summed E-state index contributed by atoms with van der Waals surface area (Å²) in [6.07, 6.45) is 1.22. The molecule has 0 aromatic heterocycles. The van der Waals surface area contributed by atoms with Gasteiger partial charge in [-0.15, -0.1) is 0 Å². The van der Waals surface area contributed by atoms with Gasteiger partial charge in [-0.2, -0.15) is 0 Å². The molecule has 6 nitrogen and oxygen atoms in total. The predicted octanol–water partition coefficient (Wildman–Crippen LogP) is 3.90. The maximum atomic E-state index is 12.5. The number of nitrogens with zero attached hydrogens (tertiary/aromatic N) is 1. The Kier molecular flexibility index (Phi) is 7.68. The molecule has 0 fully saturated rings. The Bertz CT molecular complexity index is 641. The Morgan fingerprint density at radius 2 is 1.69 bits per heavy atom. The Balaban J connectivity index is 3.11. The lowest BCUT2D eigenvalue weighted by atomic mass is 10.1. The minimum absolute atomic E-state index is 0.0886. The average molecular weight is 363 g/mol. The quantitative estimate of drug-likeness (QED) is 0.566. The number of esters is 1. The fourth-order valence-corrected chi connectivity index (χ4v) is 2.16. The highest BCUT2D eigenvalue weighted by molar-refractivity contribution is 5.94. The first-order valence-electron chi connectivity index (χ1n) is 8.50. The van der Waals surface area contributed by atoms with Crippen molar-refractivity contribution in [3.8, 4) is 5.75 Å². The summed E-state index contributed by atoms with van der Waals surface area (Å²) in [7, 11) is 2.91. The molecular weight excluding hydrogens is 334 g/mol. The van der Waals surface area contributed by atoms with Crippen molar-refractivity contribution in [3.05, 3.63) is 35.4 Å². The van der Waals surface area contributed by atoms with Crippen LogP contribution in [0.1, 0.15) is 40.2 Å². The number of amides is 1. The summed E-state index contributed by atoms with van der Waals surface area (Å²) in [6, 6.07) is 7.11. The van der Waals surface area contributed by atoms with Gasteiger partial charge < -0.3 is 19.1 Å². The zero-order valence-electron chi connectivity index (χ0n) is 16.7. The molecule has 0 bridgehead atoms. The predicted molar refractivity (Wildman–Crippen MR) is 101 cm³/mol. The van der Waals surface area contributed by atoms with Gasteiger partial charge >= 0.3 is 12.1 Å². The zero-order chi connectivity index (χ0) is 19.9. The highest BCUT2D eigenvalue weighted by atomic mass is 16.6. The van der Waals surface area contributed by atoms with Gasteiger partial charge in [-0.25, -0.2) is 9.59 Å². The van der Waals surface area contributed by atoms with Crippen LogP contribution in [0.15, 0.2) is 29.8 Å². The molecule has 6 heteroatoms.